The number of ether oxygens (including phenoxy) is 1. The van der Waals surface area contributed by atoms with E-state index in [4.69, 9.17) is 4.74 Å². The Bertz CT molecular complexity index is 1210. The molecular formula is C24H29ClN8O4. The lowest BCUT2D eigenvalue weighted by molar-refractivity contribution is 0.111. The molecule has 1 saturated heterocycles. The molecule has 12 nitrogen and oxygen atoms in total. The fraction of sp³-hybridized carbons (Fsp3) is 0.375. The van der Waals surface area contributed by atoms with Crippen LogP contribution in [0.5, 0.6) is 0 Å². The highest BCUT2D eigenvalue weighted by Gasteiger charge is 2.22. The zero-order chi connectivity index (χ0) is 26.1. The van der Waals surface area contributed by atoms with Crippen LogP contribution < -0.4 is 15.5 Å². The van der Waals surface area contributed by atoms with E-state index in [1.807, 2.05) is 28.9 Å². The fourth-order valence-corrected chi connectivity index (χ4v) is 3.60. The van der Waals surface area contributed by atoms with E-state index in [9.17, 15) is 19.6 Å². The Morgan fingerprint density at radius 2 is 2.14 bits per heavy atom. The van der Waals surface area contributed by atoms with Gasteiger partial charge in [0.15, 0.2) is 6.29 Å². The normalized spacial score (nSPS) is 13.1. The van der Waals surface area contributed by atoms with Crippen LogP contribution in [-0.2, 0) is 16.1 Å². The largest absolute Gasteiger partial charge is 0.383 e. The van der Waals surface area contributed by atoms with E-state index in [1.54, 1.807) is 25.3 Å². The van der Waals surface area contributed by atoms with E-state index in [0.29, 0.717) is 61.6 Å². The number of carbonyl (C=O) groups is 2. The first-order valence-corrected chi connectivity index (χ1v) is 11.2. The average Bonchev–Trinajstić information content (AvgIpc) is 2.89. The van der Waals surface area contributed by atoms with Gasteiger partial charge in [-0.15, -0.1) is 12.4 Å². The highest BCUT2D eigenvalue weighted by Crippen LogP contribution is 2.21. The number of aromatic nitrogens is 2. The maximum absolute atomic E-state index is 12.8. The monoisotopic (exact) mass is 528 g/mol. The number of anilines is 3. The molecule has 2 N–H and O–H groups in total. The summed E-state index contributed by atoms with van der Waals surface area (Å²) in [5.41, 5.74) is 2.18. The van der Waals surface area contributed by atoms with Crippen LogP contribution in [0.2, 0.25) is 0 Å². The summed E-state index contributed by atoms with van der Waals surface area (Å²) in [6, 6.07) is 6.42. The first kappa shape index (κ1) is 29.2. The van der Waals surface area contributed by atoms with E-state index in [1.165, 1.54) is 18.1 Å². The van der Waals surface area contributed by atoms with Crippen molar-refractivity contribution in [2.75, 3.05) is 69.5 Å². The molecule has 0 aliphatic carbocycles. The molecule has 1 fully saturated rings. The molecule has 0 bridgehead atoms. The number of hydrogen-bond donors (Lipinski definition) is 2. The van der Waals surface area contributed by atoms with E-state index < -0.39 is 6.03 Å². The van der Waals surface area contributed by atoms with Crippen molar-refractivity contribution in [3.05, 3.63) is 46.9 Å². The van der Waals surface area contributed by atoms with E-state index in [0.717, 1.165) is 6.54 Å². The molecule has 196 valence electrons. The molecule has 1 aliphatic heterocycles. The molecule has 0 aromatic carbocycles. The first-order chi connectivity index (χ1) is 17.4. The number of aldehydes is 1. The maximum atomic E-state index is 12.8. The molecule has 0 atom stereocenters. The van der Waals surface area contributed by atoms with Crippen molar-refractivity contribution < 1.29 is 19.1 Å². The van der Waals surface area contributed by atoms with Crippen molar-refractivity contribution >= 4 is 48.0 Å². The lowest BCUT2D eigenvalue weighted by atomic mass is 10.1. The highest BCUT2D eigenvalue weighted by atomic mass is 35.5. The van der Waals surface area contributed by atoms with Crippen molar-refractivity contribution in [1.82, 2.24) is 19.8 Å². The van der Waals surface area contributed by atoms with Crippen LogP contribution in [-0.4, -0.2) is 92.0 Å². The Morgan fingerprint density at radius 3 is 2.81 bits per heavy atom. The second-order valence-corrected chi connectivity index (χ2v) is 8.18. The number of methoxy groups -OCH3 is 1. The van der Waals surface area contributed by atoms with Crippen molar-refractivity contribution in [3.63, 3.8) is 0 Å². The van der Waals surface area contributed by atoms with Crippen LogP contribution >= 0.6 is 12.4 Å². The molecule has 2 aromatic rings. The number of amides is 2. The van der Waals surface area contributed by atoms with Crippen LogP contribution in [0.3, 0.4) is 0 Å². The third kappa shape index (κ3) is 7.49. The molecular weight excluding hydrogens is 500 g/mol. The SMILES string of the molecule is COCCNc1cc(NC(=O)N(C)c2ccc(CN3CCN(C)CC3=C=O)c(C=O)n2)ncc1C#N.Cl. The number of rotatable bonds is 9. The van der Waals surface area contributed by atoms with E-state index in [2.05, 4.69) is 20.6 Å². The highest BCUT2D eigenvalue weighted by molar-refractivity contribution is 6.00. The summed E-state index contributed by atoms with van der Waals surface area (Å²) < 4.78 is 5.01. The smallest absolute Gasteiger partial charge is 0.328 e. The fourth-order valence-electron chi connectivity index (χ4n) is 3.60. The summed E-state index contributed by atoms with van der Waals surface area (Å²) in [4.78, 5) is 49.6. The second kappa shape index (κ2) is 13.9. The number of halogens is 1. The third-order valence-electron chi connectivity index (χ3n) is 5.67. The van der Waals surface area contributed by atoms with Crippen LogP contribution in [0.25, 0.3) is 0 Å². The quantitative estimate of drug-likeness (QED) is 0.280. The number of likely N-dealkylation sites (N-methyl/N-ethyl adjacent to an activating group) is 1. The minimum atomic E-state index is -0.530. The molecule has 0 saturated carbocycles. The van der Waals surface area contributed by atoms with Gasteiger partial charge in [-0.05, 0) is 13.1 Å². The minimum Gasteiger partial charge on any atom is -0.383 e. The number of urea groups is 1. The van der Waals surface area contributed by atoms with Gasteiger partial charge in [-0.2, -0.15) is 5.26 Å². The van der Waals surface area contributed by atoms with Gasteiger partial charge in [0.05, 0.1) is 17.9 Å². The van der Waals surface area contributed by atoms with Gasteiger partial charge < -0.3 is 15.0 Å². The molecule has 3 heterocycles. The van der Waals surface area contributed by atoms with Gasteiger partial charge in [0.25, 0.3) is 0 Å². The third-order valence-corrected chi connectivity index (χ3v) is 5.67. The summed E-state index contributed by atoms with van der Waals surface area (Å²) in [5.74, 6) is 2.48. The molecule has 2 amide bonds. The topological polar surface area (TPSA) is 144 Å². The van der Waals surface area contributed by atoms with Gasteiger partial charge in [0, 0.05) is 64.7 Å². The molecule has 37 heavy (non-hydrogen) atoms. The second-order valence-electron chi connectivity index (χ2n) is 8.18. The van der Waals surface area contributed by atoms with Crippen LogP contribution in [0.1, 0.15) is 21.6 Å². The molecule has 13 heteroatoms. The Labute approximate surface area is 221 Å². The van der Waals surface area contributed by atoms with E-state index >= 15 is 0 Å². The van der Waals surface area contributed by atoms with E-state index in [-0.39, 0.29) is 29.7 Å². The summed E-state index contributed by atoms with van der Waals surface area (Å²) in [6.45, 7) is 3.16. The molecule has 1 aliphatic rings. The Kier molecular flexibility index (Phi) is 11.0. The van der Waals surface area contributed by atoms with Gasteiger partial charge in [0.2, 0.25) is 0 Å². The van der Waals surface area contributed by atoms with Crippen molar-refractivity contribution in [3.8, 4) is 6.07 Å². The molecule has 0 radical (unpaired) electrons. The number of hydrogen-bond acceptors (Lipinski definition) is 10. The maximum Gasteiger partial charge on any atom is 0.328 e. The number of pyridine rings is 2. The Balaban J connectivity index is 0.00000481. The summed E-state index contributed by atoms with van der Waals surface area (Å²) >= 11 is 0. The van der Waals surface area contributed by atoms with Crippen LogP contribution in [0.4, 0.5) is 22.1 Å². The molecule has 0 unspecified atom stereocenters. The zero-order valence-electron chi connectivity index (χ0n) is 20.9. The minimum absolute atomic E-state index is 0. The van der Waals surface area contributed by atoms with Gasteiger partial charge in [-0.3, -0.25) is 19.9 Å². The number of nitrogens with one attached hydrogen (secondary N) is 2. The van der Waals surface area contributed by atoms with Crippen molar-refractivity contribution in [2.24, 2.45) is 0 Å². The van der Waals surface area contributed by atoms with Gasteiger partial charge in [-0.1, -0.05) is 6.07 Å². The van der Waals surface area contributed by atoms with Gasteiger partial charge in [-0.25, -0.2) is 19.6 Å². The number of nitrogens with zero attached hydrogens (tertiary/aromatic N) is 6. The van der Waals surface area contributed by atoms with Gasteiger partial charge in [0.1, 0.15) is 35.0 Å². The lowest BCUT2D eigenvalue weighted by Crippen LogP contribution is -2.42. The Hall–Kier alpha value is -4.01. The van der Waals surface area contributed by atoms with Crippen molar-refractivity contribution in [2.45, 2.75) is 6.54 Å². The lowest BCUT2D eigenvalue weighted by Gasteiger charge is -2.34. The summed E-state index contributed by atoms with van der Waals surface area (Å²) in [6.07, 6.45) is 1.99. The zero-order valence-corrected chi connectivity index (χ0v) is 21.7. The number of carbonyl (C=O) groups excluding carboxylic acids is 3. The van der Waals surface area contributed by atoms with Crippen molar-refractivity contribution in [1.29, 1.82) is 5.26 Å². The summed E-state index contributed by atoms with van der Waals surface area (Å²) in [7, 11) is 5.01. The number of nitriles is 1. The molecule has 2 aromatic heterocycles. The molecule has 0 spiro atoms. The van der Waals surface area contributed by atoms with Crippen LogP contribution in [0, 0.1) is 11.3 Å². The first-order valence-electron chi connectivity index (χ1n) is 11.2. The Morgan fingerprint density at radius 1 is 1.35 bits per heavy atom. The predicted octanol–water partition coefficient (Wildman–Crippen LogP) is 1.77. The van der Waals surface area contributed by atoms with Crippen LogP contribution in [0.15, 0.2) is 30.1 Å². The average molecular weight is 529 g/mol. The number of piperazine rings is 1. The summed E-state index contributed by atoms with van der Waals surface area (Å²) in [5, 5.41) is 15.0. The van der Waals surface area contributed by atoms with Gasteiger partial charge >= 0.3 is 6.03 Å². The standard InChI is InChI=1S/C24H28N8O4.ClH/c1-30-7-8-32(19(14-30)15-33)13-17-4-5-23(28-21(17)16-34)31(2)24(35)29-22-10-20(26-6-9-36-3)18(11-25)12-27-22;/h4-5,10,12,16H,6-9,13-14H2,1-3H3,(H2,26,27,29,35);1H. The predicted molar refractivity (Wildman–Crippen MR) is 141 cm³/mol. The molecule has 3 rings (SSSR count).